The zero-order chi connectivity index (χ0) is 16.9. The minimum atomic E-state index is -0.250. The van der Waals surface area contributed by atoms with Gasteiger partial charge in [-0.1, -0.05) is 22.0 Å². The van der Waals surface area contributed by atoms with Gasteiger partial charge in [0.15, 0.2) is 0 Å². The number of nitrogens with one attached hydrogen (secondary N) is 2. The minimum Gasteiger partial charge on any atom is -0.467 e. The van der Waals surface area contributed by atoms with E-state index in [1.807, 2.05) is 31.2 Å². The number of hydrogen-bond donors (Lipinski definition) is 2. The molecule has 1 aromatic carbocycles. The number of aryl methyl sites for hydroxylation is 1. The highest BCUT2D eigenvalue weighted by atomic mass is 79.9. The lowest BCUT2D eigenvalue weighted by Gasteiger charge is -2.09. The van der Waals surface area contributed by atoms with E-state index in [9.17, 15) is 4.79 Å². The maximum atomic E-state index is 12.2. The second kappa shape index (κ2) is 7.31. The largest absolute Gasteiger partial charge is 0.467 e. The summed E-state index contributed by atoms with van der Waals surface area (Å²) in [6, 6.07) is 13.1. The molecule has 0 aliphatic heterocycles. The highest BCUT2D eigenvalue weighted by molar-refractivity contribution is 9.10. The number of carbonyl (C=O) groups is 1. The van der Waals surface area contributed by atoms with E-state index >= 15 is 0 Å². The molecule has 0 bridgehead atoms. The topological polar surface area (TPSA) is 67.2 Å². The summed E-state index contributed by atoms with van der Waals surface area (Å²) in [5, 5.41) is 6.05. The molecule has 3 aromatic rings. The molecule has 3 rings (SSSR count). The molecule has 5 nitrogen and oxygen atoms in total. The standard InChI is InChI=1S/C18H16BrN3O2/c1-12-4-5-13(9-16(12)19)22-14-6-7-20-17(10-14)18(23)21-11-15-3-2-8-24-15/h2-10H,11H2,1H3,(H,20,22)(H,21,23). The SMILES string of the molecule is Cc1ccc(Nc2ccnc(C(=O)NCc3ccco3)c2)cc1Br. The van der Waals surface area contributed by atoms with Crippen molar-refractivity contribution in [1.82, 2.24) is 10.3 Å². The highest BCUT2D eigenvalue weighted by Crippen LogP contribution is 2.23. The van der Waals surface area contributed by atoms with Gasteiger partial charge in [0.1, 0.15) is 11.5 Å². The van der Waals surface area contributed by atoms with Gasteiger partial charge < -0.3 is 15.1 Å². The third-order valence-corrected chi connectivity index (χ3v) is 4.31. The van der Waals surface area contributed by atoms with Crippen LogP contribution in [0.2, 0.25) is 0 Å². The zero-order valence-electron chi connectivity index (χ0n) is 13.0. The first-order valence-electron chi connectivity index (χ1n) is 7.41. The Morgan fingerprint density at radius 2 is 2.04 bits per heavy atom. The van der Waals surface area contributed by atoms with Gasteiger partial charge in [-0.3, -0.25) is 9.78 Å². The lowest BCUT2D eigenvalue weighted by atomic mass is 10.2. The van der Waals surface area contributed by atoms with Crippen LogP contribution in [-0.4, -0.2) is 10.9 Å². The number of benzene rings is 1. The van der Waals surface area contributed by atoms with Crippen LogP contribution >= 0.6 is 15.9 Å². The number of nitrogens with zero attached hydrogens (tertiary/aromatic N) is 1. The van der Waals surface area contributed by atoms with Gasteiger partial charge in [-0.25, -0.2) is 0 Å². The monoisotopic (exact) mass is 385 g/mol. The van der Waals surface area contributed by atoms with Crippen molar-refractivity contribution < 1.29 is 9.21 Å². The number of furan rings is 1. The fourth-order valence-electron chi connectivity index (χ4n) is 2.14. The molecule has 6 heteroatoms. The van der Waals surface area contributed by atoms with Gasteiger partial charge in [0.2, 0.25) is 0 Å². The van der Waals surface area contributed by atoms with E-state index in [4.69, 9.17) is 4.42 Å². The fraction of sp³-hybridized carbons (Fsp3) is 0.111. The van der Waals surface area contributed by atoms with Gasteiger partial charge in [0.05, 0.1) is 12.8 Å². The van der Waals surface area contributed by atoms with Crippen LogP contribution in [0.15, 0.2) is 63.8 Å². The molecule has 122 valence electrons. The van der Waals surface area contributed by atoms with E-state index in [2.05, 4.69) is 31.5 Å². The summed E-state index contributed by atoms with van der Waals surface area (Å²) in [6.07, 6.45) is 3.18. The number of halogens is 1. The molecule has 0 saturated carbocycles. The Hall–Kier alpha value is -2.60. The van der Waals surface area contributed by atoms with Crippen molar-refractivity contribution in [3.05, 3.63) is 76.4 Å². The molecule has 0 radical (unpaired) electrons. The van der Waals surface area contributed by atoms with Gasteiger partial charge >= 0.3 is 0 Å². The van der Waals surface area contributed by atoms with Gasteiger partial charge in [0.25, 0.3) is 5.91 Å². The second-order valence-electron chi connectivity index (χ2n) is 5.28. The molecule has 0 aliphatic carbocycles. The third-order valence-electron chi connectivity index (χ3n) is 3.46. The first-order valence-corrected chi connectivity index (χ1v) is 8.21. The Balaban J connectivity index is 1.68. The number of aromatic nitrogens is 1. The average molecular weight is 386 g/mol. The predicted octanol–water partition coefficient (Wildman–Crippen LogP) is 4.42. The molecule has 0 unspecified atom stereocenters. The van der Waals surface area contributed by atoms with Crippen molar-refractivity contribution in [2.45, 2.75) is 13.5 Å². The third kappa shape index (κ3) is 4.02. The highest BCUT2D eigenvalue weighted by Gasteiger charge is 2.09. The molecular formula is C18H16BrN3O2. The molecule has 24 heavy (non-hydrogen) atoms. The number of carbonyl (C=O) groups excluding carboxylic acids is 1. The summed E-state index contributed by atoms with van der Waals surface area (Å²) in [5.74, 6) is 0.447. The van der Waals surface area contributed by atoms with Crippen molar-refractivity contribution in [3.8, 4) is 0 Å². The van der Waals surface area contributed by atoms with E-state index in [1.54, 1.807) is 30.7 Å². The maximum Gasteiger partial charge on any atom is 0.270 e. The van der Waals surface area contributed by atoms with E-state index in [-0.39, 0.29) is 5.91 Å². The van der Waals surface area contributed by atoms with E-state index < -0.39 is 0 Å². The van der Waals surface area contributed by atoms with Gasteiger partial charge in [-0.05, 0) is 48.9 Å². The summed E-state index contributed by atoms with van der Waals surface area (Å²) in [6.45, 7) is 2.36. The first kappa shape index (κ1) is 16.3. The summed E-state index contributed by atoms with van der Waals surface area (Å²) < 4.78 is 6.22. The van der Waals surface area contributed by atoms with Crippen LogP contribution in [0.3, 0.4) is 0 Å². The smallest absolute Gasteiger partial charge is 0.270 e. The normalized spacial score (nSPS) is 10.4. The number of hydrogen-bond acceptors (Lipinski definition) is 4. The van der Waals surface area contributed by atoms with Crippen molar-refractivity contribution in [2.75, 3.05) is 5.32 Å². The van der Waals surface area contributed by atoms with Crippen molar-refractivity contribution in [1.29, 1.82) is 0 Å². The van der Waals surface area contributed by atoms with E-state index in [0.717, 1.165) is 21.4 Å². The fourth-order valence-corrected chi connectivity index (χ4v) is 2.52. The van der Waals surface area contributed by atoms with Crippen molar-refractivity contribution in [3.63, 3.8) is 0 Å². The molecule has 0 saturated heterocycles. The number of rotatable bonds is 5. The van der Waals surface area contributed by atoms with Crippen LogP contribution in [0, 0.1) is 6.92 Å². The minimum absolute atomic E-state index is 0.250. The molecule has 0 aliphatic rings. The molecule has 2 aromatic heterocycles. The van der Waals surface area contributed by atoms with Gasteiger partial charge in [-0.2, -0.15) is 0 Å². The number of amides is 1. The molecule has 1 amide bonds. The molecule has 0 spiro atoms. The molecule has 0 fully saturated rings. The lowest BCUT2D eigenvalue weighted by Crippen LogP contribution is -2.23. The van der Waals surface area contributed by atoms with E-state index in [1.165, 1.54) is 0 Å². The van der Waals surface area contributed by atoms with Crippen LogP contribution < -0.4 is 10.6 Å². The Morgan fingerprint density at radius 3 is 2.79 bits per heavy atom. The number of anilines is 2. The van der Waals surface area contributed by atoms with E-state index in [0.29, 0.717) is 18.0 Å². The summed E-state index contributed by atoms with van der Waals surface area (Å²) >= 11 is 3.51. The average Bonchev–Trinajstić information content (AvgIpc) is 3.10. The van der Waals surface area contributed by atoms with Gasteiger partial charge in [-0.15, -0.1) is 0 Å². The summed E-state index contributed by atoms with van der Waals surface area (Å²) in [4.78, 5) is 16.3. The summed E-state index contributed by atoms with van der Waals surface area (Å²) in [7, 11) is 0. The Labute approximate surface area is 148 Å². The van der Waals surface area contributed by atoms with Crippen molar-refractivity contribution >= 4 is 33.2 Å². The van der Waals surface area contributed by atoms with Crippen LogP contribution in [0.25, 0.3) is 0 Å². The molecular weight excluding hydrogens is 370 g/mol. The molecule has 2 heterocycles. The van der Waals surface area contributed by atoms with Crippen molar-refractivity contribution in [2.24, 2.45) is 0 Å². The van der Waals surface area contributed by atoms with Crippen LogP contribution in [0.4, 0.5) is 11.4 Å². The maximum absolute atomic E-state index is 12.2. The van der Waals surface area contributed by atoms with Crippen LogP contribution in [-0.2, 0) is 6.54 Å². The Bertz CT molecular complexity index is 847. The van der Waals surface area contributed by atoms with Gasteiger partial charge in [0, 0.05) is 22.0 Å². The lowest BCUT2D eigenvalue weighted by molar-refractivity contribution is 0.0943. The Morgan fingerprint density at radius 1 is 1.21 bits per heavy atom. The predicted molar refractivity (Wildman–Crippen MR) is 96.3 cm³/mol. The summed E-state index contributed by atoms with van der Waals surface area (Å²) in [5.41, 5.74) is 3.23. The molecule has 0 atom stereocenters. The van der Waals surface area contributed by atoms with Crippen LogP contribution in [0.5, 0.6) is 0 Å². The van der Waals surface area contributed by atoms with Crippen LogP contribution in [0.1, 0.15) is 21.8 Å². The first-order chi connectivity index (χ1) is 11.6. The second-order valence-corrected chi connectivity index (χ2v) is 6.14. The zero-order valence-corrected chi connectivity index (χ0v) is 14.6. The molecule has 2 N–H and O–H groups in total. The quantitative estimate of drug-likeness (QED) is 0.681. The number of pyridine rings is 1. The Kier molecular flexibility index (Phi) is 4.96.